The fourth-order valence-electron chi connectivity index (χ4n) is 1.84. The first-order valence-corrected chi connectivity index (χ1v) is 5.72. The zero-order valence-corrected chi connectivity index (χ0v) is 10.3. The number of rotatable bonds is 4. The lowest BCUT2D eigenvalue weighted by Crippen LogP contribution is -2.10. The summed E-state index contributed by atoms with van der Waals surface area (Å²) in [6, 6.07) is 10.7. The second-order valence-corrected chi connectivity index (χ2v) is 4.02. The zero-order chi connectivity index (χ0) is 13.8. The number of carboxylic acid groups (broad SMARTS) is 1. The van der Waals surface area contributed by atoms with E-state index >= 15 is 0 Å². The molecule has 1 amide bonds. The highest BCUT2D eigenvalue weighted by molar-refractivity contribution is 6.03. The van der Waals surface area contributed by atoms with Gasteiger partial charge in [0.25, 0.3) is 0 Å². The second kappa shape index (κ2) is 5.39. The average Bonchev–Trinajstić information content (AvgIpc) is 2.37. The molecule has 0 aromatic heterocycles. The van der Waals surface area contributed by atoms with Crippen LogP contribution in [0.5, 0.6) is 5.75 Å². The molecule has 0 radical (unpaired) electrons. The van der Waals surface area contributed by atoms with E-state index in [-0.39, 0.29) is 5.91 Å². The van der Waals surface area contributed by atoms with Gasteiger partial charge in [-0.1, -0.05) is 24.3 Å². The number of nitrogens with one attached hydrogen (secondary N) is 1. The number of carboxylic acids is 1. The van der Waals surface area contributed by atoms with Crippen molar-refractivity contribution < 1.29 is 19.4 Å². The first-order valence-electron chi connectivity index (χ1n) is 5.72. The van der Waals surface area contributed by atoms with Crippen LogP contribution >= 0.6 is 0 Å². The Bertz CT molecular complexity index is 636. The van der Waals surface area contributed by atoms with Gasteiger partial charge in [0.2, 0.25) is 5.91 Å². The summed E-state index contributed by atoms with van der Waals surface area (Å²) in [7, 11) is 0. The Kier molecular flexibility index (Phi) is 3.66. The van der Waals surface area contributed by atoms with Crippen LogP contribution < -0.4 is 10.1 Å². The van der Waals surface area contributed by atoms with Gasteiger partial charge in [-0.05, 0) is 12.1 Å². The third-order valence-corrected chi connectivity index (χ3v) is 2.55. The number of hydrogen-bond acceptors (Lipinski definition) is 3. The fourth-order valence-corrected chi connectivity index (χ4v) is 1.84. The average molecular weight is 259 g/mol. The molecule has 5 heteroatoms. The van der Waals surface area contributed by atoms with E-state index in [0.717, 1.165) is 10.8 Å². The number of carbonyl (C=O) groups is 2. The first kappa shape index (κ1) is 12.9. The van der Waals surface area contributed by atoms with Gasteiger partial charge in [-0.15, -0.1) is 0 Å². The molecule has 2 aromatic rings. The van der Waals surface area contributed by atoms with Crippen LogP contribution in [-0.4, -0.2) is 23.6 Å². The largest absolute Gasteiger partial charge is 0.481 e. The molecule has 0 atom stereocenters. The minimum atomic E-state index is -1.03. The summed E-state index contributed by atoms with van der Waals surface area (Å²) in [6.45, 7) is 1.03. The van der Waals surface area contributed by atoms with Gasteiger partial charge in [0.05, 0.1) is 0 Å². The van der Waals surface area contributed by atoms with Gasteiger partial charge in [-0.3, -0.25) is 4.79 Å². The Morgan fingerprint density at radius 3 is 2.47 bits per heavy atom. The summed E-state index contributed by atoms with van der Waals surface area (Å²) < 4.78 is 5.23. The van der Waals surface area contributed by atoms with E-state index in [9.17, 15) is 9.59 Å². The maximum absolute atomic E-state index is 11.1. The molecule has 0 unspecified atom stereocenters. The van der Waals surface area contributed by atoms with E-state index < -0.39 is 12.6 Å². The lowest BCUT2D eigenvalue weighted by atomic mass is 10.1. The number of ether oxygens (including phenoxy) is 1. The minimum absolute atomic E-state index is 0.163. The van der Waals surface area contributed by atoms with Crippen molar-refractivity contribution in [2.45, 2.75) is 6.92 Å². The van der Waals surface area contributed by atoms with Crippen LogP contribution in [0.2, 0.25) is 0 Å². The maximum Gasteiger partial charge on any atom is 0.341 e. The van der Waals surface area contributed by atoms with E-state index in [4.69, 9.17) is 9.84 Å². The summed E-state index contributed by atoms with van der Waals surface area (Å²) >= 11 is 0. The van der Waals surface area contributed by atoms with Crippen LogP contribution in [0.25, 0.3) is 10.8 Å². The molecule has 98 valence electrons. The number of carbonyl (C=O) groups excluding carboxylic acids is 1. The molecule has 0 spiro atoms. The van der Waals surface area contributed by atoms with Crippen LogP contribution in [0.3, 0.4) is 0 Å². The molecule has 0 fully saturated rings. The van der Waals surface area contributed by atoms with Gasteiger partial charge in [-0.25, -0.2) is 4.79 Å². The molecule has 0 saturated carbocycles. The molecule has 0 aliphatic rings. The molecule has 19 heavy (non-hydrogen) atoms. The predicted molar refractivity (Wildman–Crippen MR) is 71.4 cm³/mol. The van der Waals surface area contributed by atoms with Gasteiger partial charge in [0, 0.05) is 23.4 Å². The van der Waals surface area contributed by atoms with Crippen LogP contribution in [0.15, 0.2) is 36.4 Å². The van der Waals surface area contributed by atoms with E-state index in [0.29, 0.717) is 11.4 Å². The normalized spacial score (nSPS) is 10.2. The van der Waals surface area contributed by atoms with Gasteiger partial charge >= 0.3 is 5.97 Å². The van der Waals surface area contributed by atoms with Crippen molar-refractivity contribution in [3.05, 3.63) is 36.4 Å². The minimum Gasteiger partial charge on any atom is -0.481 e. The number of hydrogen-bond donors (Lipinski definition) is 2. The number of anilines is 1. The Morgan fingerprint density at radius 2 is 1.84 bits per heavy atom. The third kappa shape index (κ3) is 3.01. The smallest absolute Gasteiger partial charge is 0.341 e. The van der Waals surface area contributed by atoms with E-state index in [1.165, 1.54) is 6.92 Å². The molecule has 0 heterocycles. The summed E-state index contributed by atoms with van der Waals surface area (Å²) in [4.78, 5) is 21.7. The molecule has 5 nitrogen and oxygen atoms in total. The van der Waals surface area contributed by atoms with Gasteiger partial charge in [0.1, 0.15) is 5.75 Å². The second-order valence-electron chi connectivity index (χ2n) is 4.02. The van der Waals surface area contributed by atoms with E-state index in [1.807, 2.05) is 24.3 Å². The Morgan fingerprint density at radius 1 is 1.16 bits per heavy atom. The van der Waals surface area contributed by atoms with E-state index in [1.54, 1.807) is 12.1 Å². The predicted octanol–water partition coefficient (Wildman–Crippen LogP) is 2.26. The zero-order valence-electron chi connectivity index (χ0n) is 10.3. The molecule has 2 N–H and O–H groups in total. The van der Waals surface area contributed by atoms with Crippen molar-refractivity contribution in [3.8, 4) is 5.75 Å². The van der Waals surface area contributed by atoms with Crippen LogP contribution in [0.1, 0.15) is 6.92 Å². The van der Waals surface area contributed by atoms with Crippen LogP contribution in [0, 0.1) is 0 Å². The Balaban J connectivity index is 2.45. The Hall–Kier alpha value is -2.56. The Labute approximate surface area is 109 Å². The molecule has 2 aromatic carbocycles. The molecule has 0 aliphatic carbocycles. The topological polar surface area (TPSA) is 75.6 Å². The lowest BCUT2D eigenvalue weighted by Gasteiger charge is -2.11. The standard InChI is InChI=1S/C14H13NO4/c1-9(16)15-12-6-7-13(19-8-14(17)18)11-5-3-2-4-10(11)12/h2-7H,8H2,1H3,(H,15,16)(H,17,18). The molecule has 0 bridgehead atoms. The SMILES string of the molecule is CC(=O)Nc1ccc(OCC(=O)O)c2ccccc12. The van der Waals surface area contributed by atoms with Gasteiger partial charge in [-0.2, -0.15) is 0 Å². The molecule has 0 aliphatic heterocycles. The summed E-state index contributed by atoms with van der Waals surface area (Å²) in [6.07, 6.45) is 0. The quantitative estimate of drug-likeness (QED) is 0.883. The molecule has 2 rings (SSSR count). The lowest BCUT2D eigenvalue weighted by molar-refractivity contribution is -0.139. The number of amides is 1. The van der Waals surface area contributed by atoms with Crippen molar-refractivity contribution in [3.63, 3.8) is 0 Å². The first-order chi connectivity index (χ1) is 9.08. The van der Waals surface area contributed by atoms with Gasteiger partial charge in [0.15, 0.2) is 6.61 Å². The molecular formula is C14H13NO4. The monoisotopic (exact) mass is 259 g/mol. The number of aliphatic carboxylic acids is 1. The number of fused-ring (bicyclic) bond motifs is 1. The van der Waals surface area contributed by atoms with Crippen molar-refractivity contribution >= 4 is 28.3 Å². The van der Waals surface area contributed by atoms with Crippen LogP contribution in [0.4, 0.5) is 5.69 Å². The highest BCUT2D eigenvalue weighted by Crippen LogP contribution is 2.31. The van der Waals surface area contributed by atoms with Crippen molar-refractivity contribution in [1.29, 1.82) is 0 Å². The maximum atomic E-state index is 11.1. The summed E-state index contributed by atoms with van der Waals surface area (Å²) in [5, 5.41) is 12.9. The van der Waals surface area contributed by atoms with Crippen molar-refractivity contribution in [1.82, 2.24) is 0 Å². The fraction of sp³-hybridized carbons (Fsp3) is 0.143. The van der Waals surface area contributed by atoms with Crippen molar-refractivity contribution in [2.75, 3.05) is 11.9 Å². The van der Waals surface area contributed by atoms with Crippen molar-refractivity contribution in [2.24, 2.45) is 0 Å². The van der Waals surface area contributed by atoms with Crippen LogP contribution in [-0.2, 0) is 9.59 Å². The molecular weight excluding hydrogens is 246 g/mol. The summed E-state index contributed by atoms with van der Waals surface area (Å²) in [5.41, 5.74) is 0.672. The van der Waals surface area contributed by atoms with E-state index in [2.05, 4.69) is 5.32 Å². The number of benzene rings is 2. The third-order valence-electron chi connectivity index (χ3n) is 2.55. The highest BCUT2D eigenvalue weighted by Gasteiger charge is 2.08. The summed E-state index contributed by atoms with van der Waals surface area (Å²) in [5.74, 6) is -0.716. The highest BCUT2D eigenvalue weighted by atomic mass is 16.5. The van der Waals surface area contributed by atoms with Gasteiger partial charge < -0.3 is 15.2 Å². The molecule has 0 saturated heterocycles.